The number of rotatable bonds is 4. The van der Waals surface area contributed by atoms with E-state index in [0.717, 1.165) is 16.9 Å². The first kappa shape index (κ1) is 15.0. The molecule has 1 fully saturated rings. The third kappa shape index (κ3) is 2.71. The number of β-amino-alcohol motifs (C(OH)–C–C–N with tert-alkyl or cyclic N) is 1. The average molecular weight is 303 g/mol. The van der Waals surface area contributed by atoms with Crippen LogP contribution in [-0.4, -0.2) is 57.2 Å². The van der Waals surface area contributed by atoms with Crippen LogP contribution in [0.5, 0.6) is 0 Å². The van der Waals surface area contributed by atoms with E-state index in [4.69, 9.17) is 4.74 Å². The van der Waals surface area contributed by atoms with Crippen molar-refractivity contribution < 1.29 is 14.6 Å². The maximum absolute atomic E-state index is 12.5. The summed E-state index contributed by atoms with van der Waals surface area (Å²) < 4.78 is 7.40. The molecule has 1 saturated heterocycles. The van der Waals surface area contributed by atoms with Crippen molar-refractivity contribution >= 4 is 11.6 Å². The van der Waals surface area contributed by atoms with Crippen LogP contribution in [0.4, 0.5) is 0 Å². The van der Waals surface area contributed by atoms with Gasteiger partial charge in [0, 0.05) is 32.1 Å². The Morgan fingerprint density at radius 3 is 3.09 bits per heavy atom. The molecule has 0 saturated carbocycles. The van der Waals surface area contributed by atoms with Crippen molar-refractivity contribution in [3.8, 4) is 0 Å². The fourth-order valence-electron chi connectivity index (χ4n) is 2.94. The lowest BCUT2D eigenvalue weighted by atomic mass is 10.2. The van der Waals surface area contributed by atoms with Gasteiger partial charge in [0.15, 0.2) is 0 Å². The van der Waals surface area contributed by atoms with Crippen molar-refractivity contribution in [2.45, 2.75) is 32.5 Å². The number of carbonyl (C=O) groups is 1. The first-order valence-electron chi connectivity index (χ1n) is 7.59. The lowest BCUT2D eigenvalue weighted by Crippen LogP contribution is -2.31. The number of aryl methyl sites for hydroxylation is 1. The van der Waals surface area contributed by atoms with E-state index in [0.29, 0.717) is 19.7 Å². The third-order valence-corrected chi connectivity index (χ3v) is 4.11. The quantitative estimate of drug-likeness (QED) is 0.907. The number of carbonyl (C=O) groups excluding carboxylic acids is 1. The van der Waals surface area contributed by atoms with Gasteiger partial charge in [0.2, 0.25) is 5.91 Å². The van der Waals surface area contributed by atoms with Crippen LogP contribution in [0.15, 0.2) is 24.5 Å². The van der Waals surface area contributed by atoms with Crippen LogP contribution < -0.4 is 0 Å². The van der Waals surface area contributed by atoms with Gasteiger partial charge in [-0.1, -0.05) is 6.07 Å². The molecule has 0 aromatic carbocycles. The normalized spacial score (nSPS) is 21.7. The number of hydrogen-bond acceptors (Lipinski definition) is 4. The fraction of sp³-hybridized carbons (Fsp3) is 0.500. The Hall–Kier alpha value is -1.92. The molecule has 0 bridgehead atoms. The summed E-state index contributed by atoms with van der Waals surface area (Å²) in [5.74, 6) is -0.00967. The molecule has 2 aromatic heterocycles. The number of imidazole rings is 1. The molecule has 1 aliphatic heterocycles. The first-order chi connectivity index (χ1) is 10.6. The topological polar surface area (TPSA) is 67.1 Å². The van der Waals surface area contributed by atoms with E-state index in [1.165, 1.54) is 0 Å². The Labute approximate surface area is 129 Å². The van der Waals surface area contributed by atoms with Gasteiger partial charge in [0.25, 0.3) is 0 Å². The smallest absolute Gasteiger partial charge is 0.228 e. The Balaban J connectivity index is 1.73. The molecule has 6 heteroatoms. The number of nitrogens with zero attached hydrogens (tertiary/aromatic N) is 3. The highest BCUT2D eigenvalue weighted by Gasteiger charge is 2.34. The Morgan fingerprint density at radius 1 is 1.50 bits per heavy atom. The van der Waals surface area contributed by atoms with Crippen LogP contribution in [0.2, 0.25) is 0 Å². The molecule has 0 aliphatic carbocycles. The van der Waals surface area contributed by atoms with Crippen molar-refractivity contribution in [2.75, 3.05) is 19.7 Å². The van der Waals surface area contributed by atoms with Crippen LogP contribution in [0.1, 0.15) is 18.2 Å². The molecule has 1 aliphatic rings. The first-order valence-corrected chi connectivity index (χ1v) is 7.59. The standard InChI is InChI=1S/C16H21N3O3/c1-3-22-14-10-18(9-13(14)20)15(21)7-12-8-17-16-11(2)5-4-6-19(12)16/h4-6,8,13-14,20H,3,7,9-10H2,1-2H3/t13-,14-/m1/s1. The molecule has 6 nitrogen and oxygen atoms in total. The highest BCUT2D eigenvalue weighted by Crippen LogP contribution is 2.17. The van der Waals surface area contributed by atoms with E-state index >= 15 is 0 Å². The summed E-state index contributed by atoms with van der Waals surface area (Å²) in [6.07, 6.45) is 3.05. The maximum atomic E-state index is 12.5. The van der Waals surface area contributed by atoms with Gasteiger partial charge in [-0.15, -0.1) is 0 Å². The second-order valence-electron chi connectivity index (χ2n) is 5.67. The van der Waals surface area contributed by atoms with E-state index in [1.54, 1.807) is 11.1 Å². The molecule has 1 N–H and O–H groups in total. The van der Waals surface area contributed by atoms with Crippen molar-refractivity contribution in [2.24, 2.45) is 0 Å². The van der Waals surface area contributed by atoms with E-state index in [-0.39, 0.29) is 18.4 Å². The summed E-state index contributed by atoms with van der Waals surface area (Å²) in [6.45, 7) is 5.20. The van der Waals surface area contributed by atoms with Crippen molar-refractivity contribution in [1.82, 2.24) is 14.3 Å². The van der Waals surface area contributed by atoms with E-state index in [1.807, 2.05) is 36.6 Å². The van der Waals surface area contributed by atoms with Crippen molar-refractivity contribution in [3.63, 3.8) is 0 Å². The molecule has 118 valence electrons. The predicted octanol–water partition coefficient (Wildman–Crippen LogP) is 0.793. The van der Waals surface area contributed by atoms with E-state index in [2.05, 4.69) is 4.98 Å². The van der Waals surface area contributed by atoms with Gasteiger partial charge in [-0.25, -0.2) is 4.98 Å². The fourth-order valence-corrected chi connectivity index (χ4v) is 2.94. The van der Waals surface area contributed by atoms with E-state index in [9.17, 15) is 9.90 Å². The number of amides is 1. The number of pyridine rings is 1. The number of fused-ring (bicyclic) bond motifs is 1. The molecule has 3 rings (SSSR count). The SMILES string of the molecule is CCO[C@@H]1CN(C(=O)Cc2cnc3c(C)cccn23)C[C@H]1O. The van der Waals surface area contributed by atoms with Gasteiger partial charge in [0.05, 0.1) is 18.2 Å². The maximum Gasteiger partial charge on any atom is 0.228 e. The molecule has 1 amide bonds. The van der Waals surface area contributed by atoms with Crippen LogP contribution in [-0.2, 0) is 16.0 Å². The summed E-state index contributed by atoms with van der Waals surface area (Å²) in [6, 6.07) is 3.94. The summed E-state index contributed by atoms with van der Waals surface area (Å²) in [7, 11) is 0. The minimum Gasteiger partial charge on any atom is -0.388 e. The van der Waals surface area contributed by atoms with E-state index < -0.39 is 6.10 Å². The van der Waals surface area contributed by atoms with Crippen molar-refractivity contribution in [3.05, 3.63) is 35.8 Å². The molecule has 3 heterocycles. The van der Waals surface area contributed by atoms with Gasteiger partial charge in [-0.2, -0.15) is 0 Å². The molecule has 2 aromatic rings. The van der Waals surface area contributed by atoms with Crippen LogP contribution in [0.3, 0.4) is 0 Å². The van der Waals surface area contributed by atoms with Crippen molar-refractivity contribution in [1.29, 1.82) is 0 Å². The van der Waals surface area contributed by atoms with Crippen LogP contribution in [0.25, 0.3) is 5.65 Å². The number of aliphatic hydroxyl groups excluding tert-OH is 1. The number of likely N-dealkylation sites (tertiary alicyclic amines) is 1. The second kappa shape index (κ2) is 6.06. The lowest BCUT2D eigenvalue weighted by molar-refractivity contribution is -0.130. The molecule has 22 heavy (non-hydrogen) atoms. The monoisotopic (exact) mass is 303 g/mol. The Bertz CT molecular complexity index is 682. The summed E-state index contributed by atoms with van der Waals surface area (Å²) in [4.78, 5) is 18.5. The van der Waals surface area contributed by atoms with Gasteiger partial charge in [-0.05, 0) is 25.5 Å². The molecule has 0 spiro atoms. The highest BCUT2D eigenvalue weighted by atomic mass is 16.5. The Morgan fingerprint density at radius 2 is 2.32 bits per heavy atom. The lowest BCUT2D eigenvalue weighted by Gasteiger charge is -2.16. The molecular formula is C16H21N3O3. The molecular weight excluding hydrogens is 282 g/mol. The summed E-state index contributed by atoms with van der Waals surface area (Å²) in [5.41, 5.74) is 2.81. The number of ether oxygens (including phenoxy) is 1. The number of aliphatic hydroxyl groups is 1. The van der Waals surface area contributed by atoms with Crippen LogP contribution in [0, 0.1) is 6.92 Å². The minimum atomic E-state index is -0.603. The average Bonchev–Trinajstić information content (AvgIpc) is 3.06. The highest BCUT2D eigenvalue weighted by molar-refractivity contribution is 5.79. The predicted molar refractivity (Wildman–Crippen MR) is 81.6 cm³/mol. The minimum absolute atomic E-state index is 0.00967. The van der Waals surface area contributed by atoms with Gasteiger partial charge >= 0.3 is 0 Å². The zero-order valence-electron chi connectivity index (χ0n) is 12.9. The zero-order chi connectivity index (χ0) is 15.7. The van der Waals surface area contributed by atoms with Gasteiger partial charge in [0.1, 0.15) is 11.8 Å². The third-order valence-electron chi connectivity index (χ3n) is 4.11. The largest absolute Gasteiger partial charge is 0.388 e. The summed E-state index contributed by atoms with van der Waals surface area (Å²) in [5, 5.41) is 9.94. The van der Waals surface area contributed by atoms with Gasteiger partial charge in [-0.3, -0.25) is 4.79 Å². The number of hydrogen-bond donors (Lipinski definition) is 1. The Kier molecular flexibility index (Phi) is 4.13. The molecule has 0 radical (unpaired) electrons. The molecule has 2 atom stereocenters. The second-order valence-corrected chi connectivity index (χ2v) is 5.67. The van der Waals surface area contributed by atoms with Gasteiger partial charge < -0.3 is 19.1 Å². The summed E-state index contributed by atoms with van der Waals surface area (Å²) >= 11 is 0. The molecule has 0 unspecified atom stereocenters. The zero-order valence-corrected chi connectivity index (χ0v) is 12.9. The number of aromatic nitrogens is 2. The van der Waals surface area contributed by atoms with Crippen LogP contribution >= 0.6 is 0 Å².